The molecule has 0 aromatic rings. The van der Waals surface area contributed by atoms with Gasteiger partial charge in [0.15, 0.2) is 0 Å². The lowest BCUT2D eigenvalue weighted by atomic mass is 9.89. The van der Waals surface area contributed by atoms with E-state index in [0.29, 0.717) is 12.2 Å². The van der Waals surface area contributed by atoms with Crippen LogP contribution in [0.3, 0.4) is 0 Å². The van der Waals surface area contributed by atoms with E-state index in [1.807, 2.05) is 0 Å². The van der Waals surface area contributed by atoms with Gasteiger partial charge in [-0.15, -0.1) is 0 Å². The molecule has 2 nitrogen and oxygen atoms in total. The van der Waals surface area contributed by atoms with Crippen LogP contribution < -0.4 is 0 Å². The molecular weight excluding hydrogens is 164 g/mol. The van der Waals surface area contributed by atoms with Gasteiger partial charge in [0.2, 0.25) is 0 Å². The van der Waals surface area contributed by atoms with Gasteiger partial charge < -0.3 is 9.47 Å². The Kier molecular flexibility index (Phi) is 1.88. The molecular formula is C11H18O2. The van der Waals surface area contributed by atoms with Crippen molar-refractivity contribution >= 4 is 0 Å². The first-order valence-electron chi connectivity index (χ1n) is 5.56. The fourth-order valence-corrected chi connectivity index (χ4v) is 3.11. The summed E-state index contributed by atoms with van der Waals surface area (Å²) < 4.78 is 11.0. The number of hydrogen-bond acceptors (Lipinski definition) is 2. The van der Waals surface area contributed by atoms with Crippen molar-refractivity contribution < 1.29 is 9.47 Å². The fraction of sp³-hybridized carbons (Fsp3) is 1.00. The molecule has 1 heterocycles. The number of fused-ring (bicyclic) bond motifs is 2. The molecule has 0 amide bonds. The van der Waals surface area contributed by atoms with Gasteiger partial charge in [-0.1, -0.05) is 6.92 Å². The molecule has 1 aliphatic heterocycles. The van der Waals surface area contributed by atoms with Crippen LogP contribution in [0.4, 0.5) is 0 Å². The van der Waals surface area contributed by atoms with Crippen LogP contribution in [0.25, 0.3) is 0 Å². The molecule has 0 aromatic carbocycles. The van der Waals surface area contributed by atoms with Crippen molar-refractivity contribution in [1.82, 2.24) is 0 Å². The first-order chi connectivity index (χ1) is 6.33. The number of rotatable bonds is 3. The SMILES string of the molecule is CC1CC2CC1CC2OCC1CO1. The Hall–Kier alpha value is -0.0800. The zero-order chi connectivity index (χ0) is 8.84. The molecule has 0 aromatic heterocycles. The largest absolute Gasteiger partial charge is 0.375 e. The fourth-order valence-electron chi connectivity index (χ4n) is 3.11. The molecule has 5 unspecified atom stereocenters. The molecule has 2 bridgehead atoms. The molecule has 3 aliphatic rings. The summed E-state index contributed by atoms with van der Waals surface area (Å²) in [4.78, 5) is 0. The van der Waals surface area contributed by atoms with Crippen molar-refractivity contribution in [3.63, 3.8) is 0 Å². The predicted octanol–water partition coefficient (Wildman–Crippen LogP) is 1.84. The van der Waals surface area contributed by atoms with Crippen molar-refractivity contribution in [2.45, 2.75) is 38.4 Å². The molecule has 0 radical (unpaired) electrons. The van der Waals surface area contributed by atoms with E-state index >= 15 is 0 Å². The minimum absolute atomic E-state index is 0.441. The second kappa shape index (κ2) is 2.96. The molecule has 2 heteroatoms. The van der Waals surface area contributed by atoms with Crippen LogP contribution in [-0.4, -0.2) is 25.4 Å². The van der Waals surface area contributed by atoms with Gasteiger partial charge in [0.25, 0.3) is 0 Å². The Bertz CT molecular complexity index is 198. The molecule has 2 saturated carbocycles. The summed E-state index contributed by atoms with van der Waals surface area (Å²) in [6, 6.07) is 0. The maximum Gasteiger partial charge on any atom is 0.104 e. The van der Waals surface area contributed by atoms with Gasteiger partial charge in [-0.25, -0.2) is 0 Å². The van der Waals surface area contributed by atoms with Crippen LogP contribution in [-0.2, 0) is 9.47 Å². The monoisotopic (exact) mass is 182 g/mol. The van der Waals surface area contributed by atoms with E-state index < -0.39 is 0 Å². The zero-order valence-electron chi connectivity index (χ0n) is 8.24. The van der Waals surface area contributed by atoms with Crippen molar-refractivity contribution in [3.8, 4) is 0 Å². The second-order valence-corrected chi connectivity index (χ2v) is 5.03. The Balaban J connectivity index is 1.51. The third kappa shape index (κ3) is 1.50. The molecule has 0 spiro atoms. The maximum atomic E-state index is 5.88. The lowest BCUT2D eigenvalue weighted by Crippen LogP contribution is -2.25. The van der Waals surface area contributed by atoms with E-state index in [9.17, 15) is 0 Å². The van der Waals surface area contributed by atoms with Crippen molar-refractivity contribution in [1.29, 1.82) is 0 Å². The summed E-state index contributed by atoms with van der Waals surface area (Å²) in [6.07, 6.45) is 5.17. The van der Waals surface area contributed by atoms with Crippen LogP contribution in [0.2, 0.25) is 0 Å². The normalized spacial score (nSPS) is 52.8. The van der Waals surface area contributed by atoms with E-state index in [1.165, 1.54) is 19.3 Å². The molecule has 5 atom stereocenters. The third-order valence-electron chi connectivity index (χ3n) is 4.04. The summed E-state index contributed by atoms with van der Waals surface area (Å²) in [7, 11) is 0. The molecule has 13 heavy (non-hydrogen) atoms. The summed E-state index contributed by atoms with van der Waals surface area (Å²) in [5.74, 6) is 2.80. The van der Waals surface area contributed by atoms with E-state index in [2.05, 4.69) is 6.92 Å². The van der Waals surface area contributed by atoms with Crippen molar-refractivity contribution in [2.75, 3.05) is 13.2 Å². The van der Waals surface area contributed by atoms with Gasteiger partial charge in [0.05, 0.1) is 19.3 Å². The Morgan fingerprint density at radius 3 is 2.62 bits per heavy atom. The summed E-state index contributed by atoms with van der Waals surface area (Å²) in [5, 5.41) is 0. The highest BCUT2D eigenvalue weighted by Gasteiger charge is 2.44. The second-order valence-electron chi connectivity index (χ2n) is 5.03. The highest BCUT2D eigenvalue weighted by Crippen LogP contribution is 2.49. The highest BCUT2D eigenvalue weighted by molar-refractivity contribution is 4.94. The smallest absolute Gasteiger partial charge is 0.104 e. The lowest BCUT2D eigenvalue weighted by molar-refractivity contribution is 0.00191. The van der Waals surface area contributed by atoms with Crippen molar-refractivity contribution in [3.05, 3.63) is 0 Å². The van der Waals surface area contributed by atoms with Crippen LogP contribution in [0.15, 0.2) is 0 Å². The van der Waals surface area contributed by atoms with Gasteiger partial charge >= 0.3 is 0 Å². The standard InChI is InChI=1S/C11H18O2/c1-7-2-9-3-8(7)4-11(9)13-6-10-5-12-10/h7-11H,2-6H2,1H3. The topological polar surface area (TPSA) is 21.8 Å². The van der Waals surface area contributed by atoms with Gasteiger partial charge in [0.1, 0.15) is 6.10 Å². The van der Waals surface area contributed by atoms with Crippen LogP contribution in [0.1, 0.15) is 26.2 Å². The summed E-state index contributed by atoms with van der Waals surface area (Å²) in [5.41, 5.74) is 0. The molecule has 3 fully saturated rings. The maximum absolute atomic E-state index is 5.88. The Labute approximate surface area is 79.6 Å². The third-order valence-corrected chi connectivity index (χ3v) is 4.04. The molecule has 1 saturated heterocycles. The van der Waals surface area contributed by atoms with E-state index in [-0.39, 0.29) is 0 Å². The van der Waals surface area contributed by atoms with Gasteiger partial charge in [-0.05, 0) is 37.0 Å². The first kappa shape index (κ1) is 8.25. The zero-order valence-corrected chi connectivity index (χ0v) is 8.24. The predicted molar refractivity (Wildman–Crippen MR) is 49.5 cm³/mol. The van der Waals surface area contributed by atoms with Gasteiger partial charge in [-0.2, -0.15) is 0 Å². The highest BCUT2D eigenvalue weighted by atomic mass is 16.6. The average molecular weight is 182 g/mol. The number of ether oxygens (including phenoxy) is 2. The lowest BCUT2D eigenvalue weighted by Gasteiger charge is -2.25. The van der Waals surface area contributed by atoms with E-state index in [0.717, 1.165) is 31.0 Å². The molecule has 74 valence electrons. The first-order valence-corrected chi connectivity index (χ1v) is 5.56. The van der Waals surface area contributed by atoms with Gasteiger partial charge in [-0.3, -0.25) is 0 Å². The number of epoxide rings is 1. The molecule has 3 rings (SSSR count). The van der Waals surface area contributed by atoms with Gasteiger partial charge in [0, 0.05) is 0 Å². The molecule has 0 N–H and O–H groups in total. The van der Waals surface area contributed by atoms with Crippen LogP contribution in [0, 0.1) is 17.8 Å². The summed E-state index contributed by atoms with van der Waals surface area (Å²) in [6.45, 7) is 4.17. The quantitative estimate of drug-likeness (QED) is 0.621. The van der Waals surface area contributed by atoms with E-state index in [1.54, 1.807) is 0 Å². The average Bonchev–Trinajstić information content (AvgIpc) is 2.77. The Morgan fingerprint density at radius 2 is 2.08 bits per heavy atom. The minimum Gasteiger partial charge on any atom is -0.375 e. The number of hydrogen-bond donors (Lipinski definition) is 0. The minimum atomic E-state index is 0.441. The van der Waals surface area contributed by atoms with Crippen LogP contribution >= 0.6 is 0 Å². The van der Waals surface area contributed by atoms with Crippen LogP contribution in [0.5, 0.6) is 0 Å². The van der Waals surface area contributed by atoms with E-state index in [4.69, 9.17) is 9.47 Å². The molecule has 2 aliphatic carbocycles. The summed E-state index contributed by atoms with van der Waals surface area (Å²) >= 11 is 0. The van der Waals surface area contributed by atoms with Crippen molar-refractivity contribution in [2.24, 2.45) is 17.8 Å². The Morgan fingerprint density at radius 1 is 1.23 bits per heavy atom.